The van der Waals surface area contributed by atoms with Crippen molar-refractivity contribution in [2.75, 3.05) is 13.1 Å². The number of piperidine rings is 1. The first kappa shape index (κ1) is 10.3. The monoisotopic (exact) mass is 181 g/mol. The molecule has 0 aliphatic carbocycles. The smallest absolute Gasteiger partial charge is 0.219 e. The first-order chi connectivity index (χ1) is 6.07. The maximum Gasteiger partial charge on any atom is 0.219 e. The normalized spacial score (nSPS) is 28.6. The highest BCUT2D eigenvalue weighted by molar-refractivity contribution is 5.73. The van der Waals surface area contributed by atoms with Crippen molar-refractivity contribution in [1.29, 1.82) is 0 Å². The molecule has 0 bridgehead atoms. The molecule has 0 radical (unpaired) electrons. The summed E-state index contributed by atoms with van der Waals surface area (Å²) in [5.74, 6) is 0.204. The molecule has 1 aliphatic rings. The molecule has 0 aromatic rings. The number of likely N-dealkylation sites (tertiary alicyclic amines) is 1. The van der Waals surface area contributed by atoms with E-state index in [1.165, 1.54) is 6.42 Å². The molecule has 1 atom stereocenters. The molecule has 0 spiro atoms. The van der Waals surface area contributed by atoms with Crippen molar-refractivity contribution in [1.82, 2.24) is 4.90 Å². The number of carbonyl (C=O) groups is 1. The highest BCUT2D eigenvalue weighted by Crippen LogP contribution is 2.32. The summed E-state index contributed by atoms with van der Waals surface area (Å²) < 4.78 is 0. The molecule has 1 rings (SSSR count). The lowest BCUT2D eigenvalue weighted by Crippen LogP contribution is -2.43. The van der Waals surface area contributed by atoms with Crippen LogP contribution < -0.4 is 0 Å². The number of hydrogen-bond acceptors (Lipinski definition) is 1. The van der Waals surface area contributed by atoms with Gasteiger partial charge in [-0.1, -0.05) is 13.0 Å². The van der Waals surface area contributed by atoms with E-state index < -0.39 is 0 Å². The van der Waals surface area contributed by atoms with Gasteiger partial charge in [0.15, 0.2) is 0 Å². The number of rotatable bonds is 2. The van der Waals surface area contributed by atoms with Crippen molar-refractivity contribution in [2.24, 2.45) is 5.41 Å². The molecule has 13 heavy (non-hydrogen) atoms. The van der Waals surface area contributed by atoms with E-state index in [2.05, 4.69) is 13.5 Å². The van der Waals surface area contributed by atoms with Gasteiger partial charge in [0.1, 0.15) is 0 Å². The van der Waals surface area contributed by atoms with E-state index in [0.29, 0.717) is 0 Å². The Bertz CT molecular complexity index is 212. The Hall–Kier alpha value is -0.790. The van der Waals surface area contributed by atoms with Gasteiger partial charge >= 0.3 is 0 Å². The van der Waals surface area contributed by atoms with Gasteiger partial charge in [-0.15, -0.1) is 6.58 Å². The van der Waals surface area contributed by atoms with Gasteiger partial charge in [-0.05, 0) is 24.7 Å². The van der Waals surface area contributed by atoms with E-state index in [-0.39, 0.29) is 11.3 Å². The topological polar surface area (TPSA) is 20.3 Å². The number of nitrogens with zero attached hydrogens (tertiary/aromatic N) is 1. The third-order valence-corrected chi connectivity index (χ3v) is 2.86. The summed E-state index contributed by atoms with van der Waals surface area (Å²) in [6.45, 7) is 9.49. The Morgan fingerprint density at radius 2 is 2.38 bits per heavy atom. The van der Waals surface area contributed by atoms with E-state index in [4.69, 9.17) is 0 Å². The van der Waals surface area contributed by atoms with Crippen LogP contribution in [-0.2, 0) is 4.79 Å². The fourth-order valence-corrected chi connectivity index (χ4v) is 2.10. The van der Waals surface area contributed by atoms with Gasteiger partial charge in [0.2, 0.25) is 5.91 Å². The number of amides is 1. The first-order valence-corrected chi connectivity index (χ1v) is 4.94. The van der Waals surface area contributed by atoms with E-state index in [1.54, 1.807) is 6.92 Å². The van der Waals surface area contributed by atoms with Gasteiger partial charge in [-0.2, -0.15) is 0 Å². The predicted octanol–water partition coefficient (Wildman–Crippen LogP) is 2.21. The molecule has 1 saturated heterocycles. The van der Waals surface area contributed by atoms with Crippen LogP contribution in [0.25, 0.3) is 0 Å². The Balaban J connectivity index is 2.59. The van der Waals surface area contributed by atoms with Crippen molar-refractivity contribution in [2.45, 2.75) is 33.1 Å². The van der Waals surface area contributed by atoms with Crippen LogP contribution in [0.3, 0.4) is 0 Å². The molecule has 0 unspecified atom stereocenters. The quantitative estimate of drug-likeness (QED) is 0.598. The first-order valence-electron chi connectivity index (χ1n) is 4.94. The summed E-state index contributed by atoms with van der Waals surface area (Å²) in [7, 11) is 0. The highest BCUT2D eigenvalue weighted by atomic mass is 16.2. The molecule has 0 aromatic heterocycles. The van der Waals surface area contributed by atoms with E-state index in [0.717, 1.165) is 25.9 Å². The summed E-state index contributed by atoms with van der Waals surface area (Å²) in [5, 5.41) is 0. The molecule has 1 heterocycles. The number of allylic oxidation sites excluding steroid dienone is 1. The Kier molecular flexibility index (Phi) is 3.12. The van der Waals surface area contributed by atoms with Crippen LogP contribution in [0.4, 0.5) is 0 Å². The third-order valence-electron chi connectivity index (χ3n) is 2.86. The van der Waals surface area contributed by atoms with Gasteiger partial charge in [-0.3, -0.25) is 4.79 Å². The third kappa shape index (κ3) is 2.58. The number of carbonyl (C=O) groups excluding carboxylic acids is 1. The Morgan fingerprint density at radius 3 is 2.92 bits per heavy atom. The Labute approximate surface area is 80.6 Å². The van der Waals surface area contributed by atoms with Gasteiger partial charge in [0.05, 0.1) is 0 Å². The highest BCUT2D eigenvalue weighted by Gasteiger charge is 2.30. The van der Waals surface area contributed by atoms with Crippen molar-refractivity contribution in [3.63, 3.8) is 0 Å². The van der Waals surface area contributed by atoms with Crippen LogP contribution in [0.1, 0.15) is 33.1 Å². The molecule has 1 aliphatic heterocycles. The van der Waals surface area contributed by atoms with E-state index in [9.17, 15) is 4.79 Å². The summed E-state index contributed by atoms with van der Waals surface area (Å²) in [5.41, 5.74) is 0.270. The van der Waals surface area contributed by atoms with Crippen molar-refractivity contribution >= 4 is 5.91 Å². The molecule has 0 N–H and O–H groups in total. The molecule has 74 valence electrons. The zero-order valence-corrected chi connectivity index (χ0v) is 8.68. The second-order valence-electron chi connectivity index (χ2n) is 4.35. The van der Waals surface area contributed by atoms with Crippen LogP contribution in [0.5, 0.6) is 0 Å². The lowest BCUT2D eigenvalue weighted by Gasteiger charge is -2.39. The fourth-order valence-electron chi connectivity index (χ4n) is 2.10. The molecule has 0 aromatic carbocycles. The standard InChI is InChI=1S/C11H19NO/c1-4-6-11(3)7-5-8-12(9-11)10(2)13/h4H,1,5-9H2,2-3H3/t11-/m1/s1. The average molecular weight is 181 g/mol. The van der Waals surface area contributed by atoms with Crippen molar-refractivity contribution < 1.29 is 4.79 Å². The summed E-state index contributed by atoms with van der Waals surface area (Å²) in [6, 6.07) is 0. The van der Waals surface area contributed by atoms with Gasteiger partial charge in [0, 0.05) is 20.0 Å². The SMILES string of the molecule is C=CC[C@]1(C)CCCN(C(C)=O)C1. The Morgan fingerprint density at radius 1 is 1.69 bits per heavy atom. The average Bonchev–Trinajstić information content (AvgIpc) is 2.04. The molecule has 0 saturated carbocycles. The molecule has 1 amide bonds. The van der Waals surface area contributed by atoms with Crippen LogP contribution in [0.2, 0.25) is 0 Å². The van der Waals surface area contributed by atoms with Gasteiger partial charge in [0.25, 0.3) is 0 Å². The van der Waals surface area contributed by atoms with Crippen LogP contribution in [0, 0.1) is 5.41 Å². The molecule has 2 nitrogen and oxygen atoms in total. The van der Waals surface area contributed by atoms with Crippen molar-refractivity contribution in [3.8, 4) is 0 Å². The van der Waals surface area contributed by atoms with Crippen LogP contribution in [0.15, 0.2) is 12.7 Å². The lowest BCUT2D eigenvalue weighted by molar-refractivity contribution is -0.132. The fraction of sp³-hybridized carbons (Fsp3) is 0.727. The molecule has 1 fully saturated rings. The predicted molar refractivity (Wildman–Crippen MR) is 54.4 cm³/mol. The summed E-state index contributed by atoms with van der Waals surface area (Å²) in [6.07, 6.45) is 5.31. The van der Waals surface area contributed by atoms with Gasteiger partial charge in [-0.25, -0.2) is 0 Å². The summed E-state index contributed by atoms with van der Waals surface area (Å²) in [4.78, 5) is 13.1. The summed E-state index contributed by atoms with van der Waals surface area (Å²) >= 11 is 0. The largest absolute Gasteiger partial charge is 0.342 e. The second kappa shape index (κ2) is 3.95. The van der Waals surface area contributed by atoms with Crippen LogP contribution in [-0.4, -0.2) is 23.9 Å². The minimum absolute atomic E-state index is 0.204. The van der Waals surface area contributed by atoms with E-state index in [1.807, 2.05) is 11.0 Å². The lowest BCUT2D eigenvalue weighted by atomic mass is 9.79. The van der Waals surface area contributed by atoms with Gasteiger partial charge < -0.3 is 4.90 Å². The zero-order valence-electron chi connectivity index (χ0n) is 8.68. The maximum atomic E-state index is 11.2. The zero-order chi connectivity index (χ0) is 9.90. The van der Waals surface area contributed by atoms with E-state index >= 15 is 0 Å². The van der Waals surface area contributed by atoms with Crippen LogP contribution >= 0.6 is 0 Å². The molecule has 2 heteroatoms. The minimum atomic E-state index is 0.204. The second-order valence-corrected chi connectivity index (χ2v) is 4.35. The van der Waals surface area contributed by atoms with Crippen molar-refractivity contribution in [3.05, 3.63) is 12.7 Å². The maximum absolute atomic E-state index is 11.2. The minimum Gasteiger partial charge on any atom is -0.342 e. The number of hydrogen-bond donors (Lipinski definition) is 0. The molecular formula is C11H19NO. The molecular weight excluding hydrogens is 162 g/mol.